The van der Waals surface area contributed by atoms with Gasteiger partial charge >= 0.3 is 0 Å². The molecular formula is C19H27FO. The van der Waals surface area contributed by atoms with E-state index in [-0.39, 0.29) is 11.2 Å². The molecule has 0 aliphatic heterocycles. The monoisotopic (exact) mass is 290 g/mol. The Labute approximate surface area is 127 Å². The van der Waals surface area contributed by atoms with E-state index in [0.717, 1.165) is 18.4 Å². The summed E-state index contributed by atoms with van der Waals surface area (Å²) in [6.45, 7) is 7.57. The van der Waals surface area contributed by atoms with E-state index in [2.05, 4.69) is 20.8 Å². The van der Waals surface area contributed by atoms with Crippen LogP contribution in [0.4, 0.5) is 4.39 Å². The maximum absolute atomic E-state index is 14.3. The molecule has 2 heteroatoms. The number of fused-ring (bicyclic) bond motifs is 1. The van der Waals surface area contributed by atoms with Crippen LogP contribution >= 0.6 is 0 Å². The first-order chi connectivity index (χ1) is 9.97. The number of ether oxygens (including phenoxy) is 1. The van der Waals surface area contributed by atoms with Crippen molar-refractivity contribution < 1.29 is 9.13 Å². The van der Waals surface area contributed by atoms with Crippen molar-refractivity contribution in [2.45, 2.75) is 65.2 Å². The fraction of sp³-hybridized carbons (Fsp3) is 0.684. The van der Waals surface area contributed by atoms with Gasteiger partial charge in [-0.15, -0.1) is 0 Å². The Kier molecular flexibility index (Phi) is 3.98. The fourth-order valence-electron chi connectivity index (χ4n) is 3.55. The number of hydrogen-bond donors (Lipinski definition) is 0. The van der Waals surface area contributed by atoms with E-state index in [1.165, 1.54) is 31.2 Å². The second-order valence-corrected chi connectivity index (χ2v) is 7.86. The summed E-state index contributed by atoms with van der Waals surface area (Å²) in [5.74, 6) is 1.53. The molecule has 1 aromatic rings. The predicted molar refractivity (Wildman–Crippen MR) is 84.4 cm³/mol. The van der Waals surface area contributed by atoms with Crippen LogP contribution in [0.15, 0.2) is 12.1 Å². The minimum atomic E-state index is -0.177. The number of halogens is 1. The average molecular weight is 290 g/mol. The van der Waals surface area contributed by atoms with Gasteiger partial charge in [0.2, 0.25) is 0 Å². The summed E-state index contributed by atoms with van der Waals surface area (Å²) < 4.78 is 20.2. The molecule has 2 aliphatic rings. The van der Waals surface area contributed by atoms with Gasteiger partial charge in [0.05, 0.1) is 6.61 Å². The van der Waals surface area contributed by atoms with Crippen LogP contribution in [-0.2, 0) is 6.42 Å². The molecule has 0 heterocycles. The quantitative estimate of drug-likeness (QED) is 0.671. The topological polar surface area (TPSA) is 9.23 Å². The Morgan fingerprint density at radius 3 is 2.57 bits per heavy atom. The summed E-state index contributed by atoms with van der Waals surface area (Å²) in [6.07, 6.45) is 7.00. The molecule has 0 amide bonds. The smallest absolute Gasteiger partial charge is 0.165 e. The van der Waals surface area contributed by atoms with Gasteiger partial charge in [0.15, 0.2) is 11.6 Å². The molecular weight excluding hydrogens is 263 g/mol. The Hall–Kier alpha value is -1.05. The molecule has 1 aromatic carbocycles. The Balaban J connectivity index is 1.97. The lowest BCUT2D eigenvalue weighted by molar-refractivity contribution is 0.278. The van der Waals surface area contributed by atoms with Gasteiger partial charge in [0.25, 0.3) is 0 Å². The minimum Gasteiger partial charge on any atom is -0.490 e. The van der Waals surface area contributed by atoms with Gasteiger partial charge in [-0.05, 0) is 61.0 Å². The third-order valence-electron chi connectivity index (χ3n) is 5.00. The van der Waals surface area contributed by atoms with Gasteiger partial charge in [-0.2, -0.15) is 0 Å². The zero-order chi connectivity index (χ0) is 15.0. The van der Waals surface area contributed by atoms with Gasteiger partial charge in [0.1, 0.15) is 0 Å². The van der Waals surface area contributed by atoms with Crippen LogP contribution in [0.1, 0.15) is 69.9 Å². The Morgan fingerprint density at radius 1 is 1.14 bits per heavy atom. The zero-order valence-electron chi connectivity index (χ0n) is 13.5. The highest BCUT2D eigenvalue weighted by Crippen LogP contribution is 2.45. The third kappa shape index (κ3) is 3.25. The molecule has 0 saturated heterocycles. The van der Waals surface area contributed by atoms with Crippen LogP contribution in [0.5, 0.6) is 5.75 Å². The molecule has 116 valence electrons. The molecule has 0 N–H and O–H groups in total. The summed E-state index contributed by atoms with van der Waals surface area (Å²) >= 11 is 0. The van der Waals surface area contributed by atoms with E-state index in [4.69, 9.17) is 4.74 Å². The standard InChI is InChI=1S/C19H27FO/c1-19(2,3)16-7-5-4-6-15-14(16)10-11-17(20)18(15)21-12-13-8-9-13/h10-11,13,16H,4-9,12H2,1-3H3/t16-/m1/s1. The first kappa shape index (κ1) is 14.9. The van der Waals surface area contributed by atoms with Crippen molar-refractivity contribution in [1.82, 2.24) is 0 Å². The van der Waals surface area contributed by atoms with E-state index < -0.39 is 0 Å². The molecule has 1 saturated carbocycles. The predicted octanol–water partition coefficient (Wildman–Crippen LogP) is 5.47. The first-order valence-electron chi connectivity index (χ1n) is 8.41. The highest BCUT2D eigenvalue weighted by molar-refractivity contribution is 5.44. The largest absolute Gasteiger partial charge is 0.490 e. The molecule has 1 atom stereocenters. The van der Waals surface area contributed by atoms with Crippen molar-refractivity contribution in [2.75, 3.05) is 6.61 Å². The van der Waals surface area contributed by atoms with Crippen molar-refractivity contribution in [3.8, 4) is 5.75 Å². The summed E-state index contributed by atoms with van der Waals surface area (Å²) in [7, 11) is 0. The van der Waals surface area contributed by atoms with Gasteiger partial charge in [-0.1, -0.05) is 33.3 Å². The molecule has 1 fully saturated rings. The summed E-state index contributed by atoms with van der Waals surface area (Å²) in [4.78, 5) is 0. The lowest BCUT2D eigenvalue weighted by Crippen LogP contribution is -2.19. The minimum absolute atomic E-state index is 0.177. The normalized spacial score (nSPS) is 22.6. The molecule has 2 aliphatic carbocycles. The molecule has 21 heavy (non-hydrogen) atoms. The van der Waals surface area contributed by atoms with Gasteiger partial charge < -0.3 is 4.74 Å². The van der Waals surface area contributed by atoms with Crippen LogP contribution in [-0.4, -0.2) is 6.61 Å². The fourth-order valence-corrected chi connectivity index (χ4v) is 3.55. The average Bonchev–Trinajstić information content (AvgIpc) is 3.21. The van der Waals surface area contributed by atoms with Crippen molar-refractivity contribution in [1.29, 1.82) is 0 Å². The summed E-state index contributed by atoms with van der Waals surface area (Å²) in [5, 5.41) is 0. The molecule has 0 aromatic heterocycles. The number of benzene rings is 1. The van der Waals surface area contributed by atoms with Crippen LogP contribution in [0, 0.1) is 17.2 Å². The highest BCUT2D eigenvalue weighted by Gasteiger charge is 2.32. The Bertz CT molecular complexity index is 511. The van der Waals surface area contributed by atoms with E-state index >= 15 is 0 Å². The highest BCUT2D eigenvalue weighted by atomic mass is 19.1. The third-order valence-corrected chi connectivity index (χ3v) is 5.00. The van der Waals surface area contributed by atoms with Crippen molar-refractivity contribution in [2.24, 2.45) is 11.3 Å². The lowest BCUT2D eigenvalue weighted by atomic mass is 9.73. The van der Waals surface area contributed by atoms with E-state index in [0.29, 0.717) is 24.2 Å². The summed E-state index contributed by atoms with van der Waals surface area (Å²) in [5.41, 5.74) is 2.69. The maximum Gasteiger partial charge on any atom is 0.165 e. The van der Waals surface area contributed by atoms with Gasteiger partial charge in [-0.3, -0.25) is 0 Å². The maximum atomic E-state index is 14.3. The molecule has 1 nitrogen and oxygen atoms in total. The Morgan fingerprint density at radius 2 is 1.90 bits per heavy atom. The molecule has 0 spiro atoms. The second-order valence-electron chi connectivity index (χ2n) is 7.86. The zero-order valence-corrected chi connectivity index (χ0v) is 13.5. The molecule has 0 unspecified atom stereocenters. The van der Waals surface area contributed by atoms with E-state index in [1.807, 2.05) is 6.07 Å². The second kappa shape index (κ2) is 5.62. The van der Waals surface area contributed by atoms with Crippen LogP contribution in [0.2, 0.25) is 0 Å². The van der Waals surface area contributed by atoms with Gasteiger partial charge in [0, 0.05) is 5.56 Å². The van der Waals surface area contributed by atoms with Crippen molar-refractivity contribution in [3.05, 3.63) is 29.1 Å². The van der Waals surface area contributed by atoms with Crippen LogP contribution < -0.4 is 4.74 Å². The van der Waals surface area contributed by atoms with E-state index in [9.17, 15) is 4.39 Å². The van der Waals surface area contributed by atoms with Crippen LogP contribution in [0.3, 0.4) is 0 Å². The molecule has 0 radical (unpaired) electrons. The van der Waals surface area contributed by atoms with Crippen LogP contribution in [0.25, 0.3) is 0 Å². The van der Waals surface area contributed by atoms with Crippen molar-refractivity contribution >= 4 is 0 Å². The van der Waals surface area contributed by atoms with Crippen molar-refractivity contribution in [3.63, 3.8) is 0 Å². The lowest BCUT2D eigenvalue weighted by Gasteiger charge is -2.32. The molecule has 3 rings (SSSR count). The summed E-state index contributed by atoms with van der Waals surface area (Å²) in [6, 6.07) is 3.63. The first-order valence-corrected chi connectivity index (χ1v) is 8.41. The van der Waals surface area contributed by atoms with Gasteiger partial charge in [-0.25, -0.2) is 4.39 Å². The molecule has 0 bridgehead atoms. The number of hydrogen-bond acceptors (Lipinski definition) is 1. The van der Waals surface area contributed by atoms with E-state index in [1.54, 1.807) is 6.07 Å². The number of rotatable bonds is 3. The SMILES string of the molecule is CC(C)(C)[C@@H]1CCCCc2c1ccc(F)c2OCC1CC1.